The molecule has 8 heteroatoms. The Morgan fingerprint density at radius 1 is 1.33 bits per heavy atom. The van der Waals surface area contributed by atoms with Crippen LogP contribution in [0, 0.1) is 0 Å². The van der Waals surface area contributed by atoms with Gasteiger partial charge in [-0.05, 0) is 31.7 Å². The molecule has 1 saturated carbocycles. The van der Waals surface area contributed by atoms with Crippen molar-refractivity contribution in [1.82, 2.24) is 19.4 Å². The molecule has 1 aliphatic carbocycles. The van der Waals surface area contributed by atoms with E-state index in [4.69, 9.17) is 5.73 Å². The van der Waals surface area contributed by atoms with E-state index in [0.29, 0.717) is 24.3 Å². The average molecular weight is 329 g/mol. The molecule has 2 aromatic rings. The number of nitrogens with zero attached hydrogens (tertiary/aromatic N) is 3. The molecular formula is C16H19N5O3. The molecule has 1 saturated heterocycles. The van der Waals surface area contributed by atoms with Crippen LogP contribution in [0.15, 0.2) is 21.9 Å². The fraction of sp³-hybridized carbons (Fsp3) is 0.500. The Morgan fingerprint density at radius 3 is 2.83 bits per heavy atom. The molecular weight excluding hydrogens is 310 g/mol. The third-order valence-corrected chi connectivity index (χ3v) is 4.85. The van der Waals surface area contributed by atoms with Crippen molar-refractivity contribution in [2.45, 2.75) is 37.8 Å². The van der Waals surface area contributed by atoms with Crippen LogP contribution in [0.25, 0.3) is 11.0 Å². The van der Waals surface area contributed by atoms with Gasteiger partial charge in [0.15, 0.2) is 0 Å². The zero-order valence-electron chi connectivity index (χ0n) is 13.2. The zero-order valence-corrected chi connectivity index (χ0v) is 13.2. The van der Waals surface area contributed by atoms with Gasteiger partial charge < -0.3 is 10.6 Å². The smallest absolute Gasteiger partial charge is 0.330 e. The van der Waals surface area contributed by atoms with Crippen LogP contribution in [0.5, 0.6) is 0 Å². The number of aromatic amines is 1. The standard InChI is InChI=1S/C16H19N5O3/c17-7-11-2-1-5-20(11)15(23)9-6-12-13(18-8-9)21(10-3-4-10)16(24)19-14(12)22/h6,8,10-11H,1-5,7,17H2,(H,19,22,24)/t11-/m0/s1. The van der Waals surface area contributed by atoms with Gasteiger partial charge in [-0.3, -0.25) is 19.1 Å². The highest BCUT2D eigenvalue weighted by Crippen LogP contribution is 2.34. The number of carbonyl (C=O) groups excluding carboxylic acids is 1. The van der Waals surface area contributed by atoms with Crippen molar-refractivity contribution in [1.29, 1.82) is 0 Å². The van der Waals surface area contributed by atoms with Crippen LogP contribution in [-0.4, -0.2) is 44.5 Å². The van der Waals surface area contributed by atoms with Crippen molar-refractivity contribution < 1.29 is 4.79 Å². The van der Waals surface area contributed by atoms with Crippen LogP contribution in [0.2, 0.25) is 0 Å². The SMILES string of the molecule is NC[C@@H]1CCCN1C(=O)c1cnc2c(c1)c(=O)[nH]c(=O)n2C1CC1. The van der Waals surface area contributed by atoms with E-state index in [1.54, 1.807) is 4.90 Å². The minimum absolute atomic E-state index is 0.0342. The van der Waals surface area contributed by atoms with Crippen LogP contribution in [0.4, 0.5) is 0 Å². The monoisotopic (exact) mass is 329 g/mol. The van der Waals surface area contributed by atoms with E-state index >= 15 is 0 Å². The molecule has 24 heavy (non-hydrogen) atoms. The number of pyridine rings is 1. The van der Waals surface area contributed by atoms with Gasteiger partial charge in [0, 0.05) is 31.4 Å². The Labute approximate surface area is 137 Å². The highest BCUT2D eigenvalue weighted by atomic mass is 16.2. The van der Waals surface area contributed by atoms with Gasteiger partial charge in [0.1, 0.15) is 5.65 Å². The summed E-state index contributed by atoms with van der Waals surface area (Å²) in [6.45, 7) is 1.09. The number of hydrogen-bond acceptors (Lipinski definition) is 5. The van der Waals surface area contributed by atoms with Crippen molar-refractivity contribution in [2.75, 3.05) is 13.1 Å². The number of rotatable bonds is 3. The molecule has 0 radical (unpaired) electrons. The zero-order chi connectivity index (χ0) is 16.8. The van der Waals surface area contributed by atoms with Gasteiger partial charge in [0.2, 0.25) is 0 Å². The predicted octanol–water partition coefficient (Wildman–Crippen LogP) is -0.0170. The molecule has 0 aromatic carbocycles. The van der Waals surface area contributed by atoms with Crippen LogP contribution in [-0.2, 0) is 0 Å². The molecule has 2 aromatic heterocycles. The van der Waals surface area contributed by atoms with E-state index in [-0.39, 0.29) is 23.4 Å². The van der Waals surface area contributed by atoms with Crippen molar-refractivity contribution >= 4 is 16.9 Å². The summed E-state index contributed by atoms with van der Waals surface area (Å²) in [5, 5.41) is 0.274. The third-order valence-electron chi connectivity index (χ3n) is 4.85. The lowest BCUT2D eigenvalue weighted by atomic mass is 10.1. The maximum atomic E-state index is 12.7. The predicted molar refractivity (Wildman–Crippen MR) is 88.0 cm³/mol. The second-order valence-electron chi connectivity index (χ2n) is 6.49. The number of amides is 1. The molecule has 1 atom stereocenters. The minimum Gasteiger partial charge on any atom is -0.334 e. The van der Waals surface area contributed by atoms with E-state index in [0.717, 1.165) is 25.7 Å². The number of fused-ring (bicyclic) bond motifs is 1. The lowest BCUT2D eigenvalue weighted by molar-refractivity contribution is 0.0741. The molecule has 1 aliphatic heterocycles. The molecule has 8 nitrogen and oxygen atoms in total. The Morgan fingerprint density at radius 2 is 2.12 bits per heavy atom. The van der Waals surface area contributed by atoms with Gasteiger partial charge in [-0.15, -0.1) is 0 Å². The fourth-order valence-electron chi connectivity index (χ4n) is 3.44. The van der Waals surface area contributed by atoms with Gasteiger partial charge in [0.25, 0.3) is 11.5 Å². The summed E-state index contributed by atoms with van der Waals surface area (Å²) < 4.78 is 1.52. The highest BCUT2D eigenvalue weighted by Gasteiger charge is 2.30. The molecule has 4 rings (SSSR count). The number of hydrogen-bond donors (Lipinski definition) is 2. The van der Waals surface area contributed by atoms with E-state index in [2.05, 4.69) is 9.97 Å². The summed E-state index contributed by atoms with van der Waals surface area (Å²) in [6, 6.07) is 1.66. The summed E-state index contributed by atoms with van der Waals surface area (Å²) in [5.41, 5.74) is 5.48. The van der Waals surface area contributed by atoms with Gasteiger partial charge in [-0.2, -0.15) is 0 Å². The summed E-state index contributed by atoms with van der Waals surface area (Å²) in [6.07, 6.45) is 5.07. The van der Waals surface area contributed by atoms with E-state index in [1.165, 1.54) is 16.8 Å². The lowest BCUT2D eigenvalue weighted by Crippen LogP contribution is -2.40. The molecule has 2 aliphatic rings. The largest absolute Gasteiger partial charge is 0.334 e. The third kappa shape index (κ3) is 2.34. The maximum absolute atomic E-state index is 12.7. The quantitative estimate of drug-likeness (QED) is 0.821. The average Bonchev–Trinajstić information content (AvgIpc) is 3.29. The van der Waals surface area contributed by atoms with Crippen molar-refractivity contribution in [3.8, 4) is 0 Å². The number of carbonyl (C=O) groups is 1. The fourth-order valence-corrected chi connectivity index (χ4v) is 3.44. The molecule has 0 spiro atoms. The normalized spacial score (nSPS) is 20.7. The minimum atomic E-state index is -0.508. The van der Waals surface area contributed by atoms with Gasteiger partial charge in [-0.1, -0.05) is 0 Å². The lowest BCUT2D eigenvalue weighted by Gasteiger charge is -2.23. The van der Waals surface area contributed by atoms with Crippen LogP contribution >= 0.6 is 0 Å². The first-order chi connectivity index (χ1) is 11.6. The van der Waals surface area contributed by atoms with Crippen LogP contribution < -0.4 is 17.0 Å². The molecule has 2 fully saturated rings. The van der Waals surface area contributed by atoms with E-state index in [9.17, 15) is 14.4 Å². The Kier molecular flexibility index (Phi) is 3.49. The Balaban J connectivity index is 1.80. The number of likely N-dealkylation sites (tertiary alicyclic amines) is 1. The second kappa shape index (κ2) is 5.55. The topological polar surface area (TPSA) is 114 Å². The van der Waals surface area contributed by atoms with Gasteiger partial charge >= 0.3 is 5.69 Å². The van der Waals surface area contributed by atoms with Crippen molar-refractivity contribution in [3.05, 3.63) is 38.7 Å². The van der Waals surface area contributed by atoms with E-state index < -0.39 is 11.2 Å². The number of nitrogens with two attached hydrogens (primary N) is 1. The van der Waals surface area contributed by atoms with Crippen LogP contribution in [0.1, 0.15) is 42.1 Å². The first kappa shape index (κ1) is 15.1. The summed E-state index contributed by atoms with van der Waals surface area (Å²) in [4.78, 5) is 45.2. The maximum Gasteiger partial charge on any atom is 0.330 e. The number of H-pyrrole nitrogens is 1. The summed E-state index contributed by atoms with van der Waals surface area (Å²) in [5.74, 6) is -0.166. The first-order valence-corrected chi connectivity index (χ1v) is 8.25. The van der Waals surface area contributed by atoms with E-state index in [1.807, 2.05) is 0 Å². The summed E-state index contributed by atoms with van der Waals surface area (Å²) in [7, 11) is 0. The van der Waals surface area contributed by atoms with Crippen LogP contribution in [0.3, 0.4) is 0 Å². The number of nitrogens with one attached hydrogen (secondary N) is 1. The highest BCUT2D eigenvalue weighted by molar-refractivity contribution is 5.97. The molecule has 3 heterocycles. The molecule has 0 bridgehead atoms. The first-order valence-electron chi connectivity index (χ1n) is 8.25. The molecule has 3 N–H and O–H groups in total. The van der Waals surface area contributed by atoms with Crippen molar-refractivity contribution in [2.24, 2.45) is 5.73 Å². The number of aromatic nitrogens is 3. The molecule has 1 amide bonds. The Hall–Kier alpha value is -2.48. The second-order valence-corrected chi connectivity index (χ2v) is 6.49. The Bertz CT molecular complexity index is 927. The van der Waals surface area contributed by atoms with Crippen molar-refractivity contribution in [3.63, 3.8) is 0 Å². The molecule has 126 valence electrons. The summed E-state index contributed by atoms with van der Waals surface area (Å²) >= 11 is 0. The van der Waals surface area contributed by atoms with Gasteiger partial charge in [-0.25, -0.2) is 9.78 Å². The van der Waals surface area contributed by atoms with Gasteiger partial charge in [0.05, 0.1) is 10.9 Å². The molecule has 0 unspecified atom stereocenters.